The lowest BCUT2D eigenvalue weighted by Gasteiger charge is -2.48. The smallest absolute Gasteiger partial charge is 0.227 e. The Labute approximate surface area is 229 Å². The molecular formula is C29H39N3O7. The summed E-state index contributed by atoms with van der Waals surface area (Å²) in [5, 5.41) is 44.8. The van der Waals surface area contributed by atoms with Crippen molar-refractivity contribution < 1.29 is 34.8 Å². The van der Waals surface area contributed by atoms with E-state index >= 15 is 0 Å². The molecule has 0 heterocycles. The number of anilines is 1. The second-order valence-electron chi connectivity index (χ2n) is 10.9. The number of hydrogen-bond donors (Lipinski definition) is 5. The van der Waals surface area contributed by atoms with Crippen molar-refractivity contribution >= 4 is 23.2 Å². The van der Waals surface area contributed by atoms with Crippen LogP contribution in [0.1, 0.15) is 54.6 Å². The van der Waals surface area contributed by atoms with Crippen LogP contribution < -0.4 is 10.6 Å². The molecule has 0 aliphatic heterocycles. The van der Waals surface area contributed by atoms with Gasteiger partial charge in [-0.3, -0.25) is 14.4 Å². The number of benzene rings is 1. The Morgan fingerprint density at radius 2 is 1.87 bits per heavy atom. The molecule has 3 rings (SSSR count). The SMILES string of the molecule is CCCC#Cc1cc(N(C)C)c2c(c1O)C(=O)C1=C(O)[C@](O)(C(=O)C(C)C(N)=O)[C@H]([C@@H](CO)N(C)C)C[C@@H]1C2. The predicted molar refractivity (Wildman–Crippen MR) is 146 cm³/mol. The number of fused-ring (bicyclic) bond motifs is 2. The largest absolute Gasteiger partial charge is 0.508 e. The highest BCUT2D eigenvalue weighted by Gasteiger charge is 2.59. The number of primary amides is 1. The number of carbonyl (C=O) groups is 3. The normalized spacial score (nSPS) is 23.9. The molecule has 1 unspecified atom stereocenters. The molecule has 39 heavy (non-hydrogen) atoms. The number of hydrogen-bond acceptors (Lipinski definition) is 9. The molecular weight excluding hydrogens is 502 g/mol. The molecule has 1 aromatic rings. The number of likely N-dealkylation sites (N-methyl/N-ethyl adjacent to an activating group) is 1. The van der Waals surface area contributed by atoms with E-state index in [1.54, 1.807) is 25.1 Å². The van der Waals surface area contributed by atoms with Crippen LogP contribution in [0.2, 0.25) is 0 Å². The molecule has 10 heteroatoms. The lowest BCUT2D eigenvalue weighted by molar-refractivity contribution is -0.155. The van der Waals surface area contributed by atoms with E-state index in [2.05, 4.69) is 11.8 Å². The van der Waals surface area contributed by atoms with Gasteiger partial charge in [0.2, 0.25) is 5.91 Å². The lowest BCUT2D eigenvalue weighted by atomic mass is 9.60. The van der Waals surface area contributed by atoms with Gasteiger partial charge < -0.3 is 36.0 Å². The zero-order valence-corrected chi connectivity index (χ0v) is 23.4. The van der Waals surface area contributed by atoms with E-state index in [0.29, 0.717) is 17.7 Å². The minimum atomic E-state index is -2.66. The topological polar surface area (TPSA) is 165 Å². The van der Waals surface area contributed by atoms with Crippen LogP contribution in [0.25, 0.3) is 0 Å². The molecule has 212 valence electrons. The number of ketones is 2. The Kier molecular flexibility index (Phi) is 8.80. The highest BCUT2D eigenvalue weighted by molar-refractivity contribution is 6.16. The van der Waals surface area contributed by atoms with E-state index in [0.717, 1.165) is 6.42 Å². The Balaban J connectivity index is 2.33. The van der Waals surface area contributed by atoms with Crippen LogP contribution in [0.4, 0.5) is 5.69 Å². The van der Waals surface area contributed by atoms with E-state index in [1.807, 2.05) is 25.9 Å². The predicted octanol–water partition coefficient (Wildman–Crippen LogP) is 1.14. The Morgan fingerprint density at radius 3 is 2.38 bits per heavy atom. The van der Waals surface area contributed by atoms with Gasteiger partial charge in [0, 0.05) is 43.7 Å². The van der Waals surface area contributed by atoms with Crippen molar-refractivity contribution in [1.29, 1.82) is 0 Å². The molecule has 2 aliphatic rings. The van der Waals surface area contributed by atoms with E-state index in [1.165, 1.54) is 6.92 Å². The average Bonchev–Trinajstić information content (AvgIpc) is 2.87. The molecule has 2 aliphatic carbocycles. The first kappa shape index (κ1) is 30.2. The number of phenols is 1. The number of nitrogens with two attached hydrogens (primary N) is 1. The first-order chi connectivity index (χ1) is 18.2. The summed E-state index contributed by atoms with van der Waals surface area (Å²) in [6.07, 6.45) is 1.69. The number of amides is 1. The number of Topliss-reactive ketones (excluding diaryl/α,β-unsaturated/α-hetero) is 2. The van der Waals surface area contributed by atoms with Gasteiger partial charge in [0.15, 0.2) is 17.2 Å². The summed E-state index contributed by atoms with van der Waals surface area (Å²) in [4.78, 5) is 42.9. The van der Waals surface area contributed by atoms with Crippen molar-refractivity contribution in [3.8, 4) is 17.6 Å². The summed E-state index contributed by atoms with van der Waals surface area (Å²) in [6.45, 7) is 2.74. The summed E-state index contributed by atoms with van der Waals surface area (Å²) < 4.78 is 0. The van der Waals surface area contributed by atoms with Crippen molar-refractivity contribution in [1.82, 2.24) is 4.90 Å². The number of aliphatic hydroxyl groups excluding tert-OH is 2. The fourth-order valence-corrected chi connectivity index (χ4v) is 5.80. The second kappa shape index (κ2) is 11.4. The summed E-state index contributed by atoms with van der Waals surface area (Å²) in [7, 11) is 6.93. The minimum absolute atomic E-state index is 0.0395. The van der Waals surface area contributed by atoms with Crippen LogP contribution in [0.3, 0.4) is 0 Å². The van der Waals surface area contributed by atoms with E-state index < -0.39 is 59.2 Å². The lowest BCUT2D eigenvalue weighted by Crippen LogP contribution is -2.62. The van der Waals surface area contributed by atoms with Crippen LogP contribution >= 0.6 is 0 Å². The third kappa shape index (κ3) is 5.02. The molecule has 0 saturated heterocycles. The van der Waals surface area contributed by atoms with Gasteiger partial charge in [0.05, 0.1) is 23.7 Å². The maximum Gasteiger partial charge on any atom is 0.227 e. The average molecular weight is 542 g/mol. The number of aromatic hydroxyl groups is 1. The zero-order valence-electron chi connectivity index (χ0n) is 23.4. The zero-order chi connectivity index (χ0) is 29.4. The number of unbranched alkanes of at least 4 members (excludes halogenated alkanes) is 1. The van der Waals surface area contributed by atoms with Crippen molar-refractivity contribution in [2.45, 2.75) is 51.2 Å². The maximum absolute atomic E-state index is 14.0. The molecule has 0 radical (unpaired) electrons. The fourth-order valence-electron chi connectivity index (χ4n) is 5.80. The van der Waals surface area contributed by atoms with Gasteiger partial charge in [-0.1, -0.05) is 18.8 Å². The van der Waals surface area contributed by atoms with Crippen LogP contribution in [0.15, 0.2) is 17.4 Å². The number of rotatable bonds is 8. The molecule has 0 saturated carbocycles. The third-order valence-electron chi connectivity index (χ3n) is 8.00. The third-order valence-corrected chi connectivity index (χ3v) is 8.00. The van der Waals surface area contributed by atoms with Gasteiger partial charge in [-0.2, -0.15) is 0 Å². The Morgan fingerprint density at radius 1 is 1.23 bits per heavy atom. The number of allylic oxidation sites excluding steroid dienone is 1. The summed E-state index contributed by atoms with van der Waals surface area (Å²) in [6, 6.07) is 0.932. The van der Waals surface area contributed by atoms with Gasteiger partial charge >= 0.3 is 0 Å². The Bertz CT molecular complexity index is 1270. The van der Waals surface area contributed by atoms with Crippen LogP contribution in [-0.4, -0.2) is 89.2 Å². The first-order valence-corrected chi connectivity index (χ1v) is 13.1. The maximum atomic E-state index is 14.0. The summed E-state index contributed by atoms with van der Waals surface area (Å²) in [5.41, 5.74) is 3.98. The monoisotopic (exact) mass is 541 g/mol. The fraction of sp³-hybridized carbons (Fsp3) is 0.552. The molecule has 0 spiro atoms. The van der Waals surface area contributed by atoms with Crippen molar-refractivity contribution in [3.05, 3.63) is 34.1 Å². The standard InChI is InChI=1S/C29H39N3O7/c1-7-8-9-10-16-13-20(31(3)4)18-11-17-12-19(21(14-33)32(5)6)29(39,26(36)15(2)28(30)38)27(37)22(17)25(35)23(18)24(16)34/h13,15,17,19,21,33-34,37,39H,7-8,11-12,14H2,1-6H3,(H2,30,38)/t15?,17-,19-,21+,29+/m0/s1. The van der Waals surface area contributed by atoms with Gasteiger partial charge in [0.25, 0.3) is 0 Å². The van der Waals surface area contributed by atoms with Gasteiger partial charge in [0.1, 0.15) is 11.5 Å². The van der Waals surface area contributed by atoms with E-state index in [4.69, 9.17) is 5.73 Å². The molecule has 0 aromatic heterocycles. The van der Waals surface area contributed by atoms with E-state index in [-0.39, 0.29) is 35.3 Å². The van der Waals surface area contributed by atoms with E-state index in [9.17, 15) is 34.8 Å². The number of aliphatic hydroxyl groups is 3. The first-order valence-electron chi connectivity index (χ1n) is 13.1. The molecule has 0 fully saturated rings. The Hall–Kier alpha value is -3.39. The number of carbonyl (C=O) groups excluding carboxylic acids is 3. The minimum Gasteiger partial charge on any atom is -0.508 e. The van der Waals surface area contributed by atoms with Gasteiger partial charge in [-0.05, 0) is 57.8 Å². The summed E-state index contributed by atoms with van der Waals surface area (Å²) in [5.74, 6) is -1.24. The molecule has 1 aromatic carbocycles. The number of nitrogens with zero attached hydrogens (tertiary/aromatic N) is 2. The van der Waals surface area contributed by atoms with Gasteiger partial charge in [-0.15, -0.1) is 0 Å². The number of phenolic OH excluding ortho intramolecular Hbond substituents is 1. The molecule has 0 bridgehead atoms. The van der Waals surface area contributed by atoms with Gasteiger partial charge in [-0.25, -0.2) is 0 Å². The quantitative estimate of drug-likeness (QED) is 0.240. The highest BCUT2D eigenvalue weighted by atomic mass is 16.3. The molecule has 6 N–H and O–H groups in total. The van der Waals surface area contributed by atoms with Crippen LogP contribution in [0, 0.1) is 29.6 Å². The van der Waals surface area contributed by atoms with Crippen LogP contribution in [-0.2, 0) is 16.0 Å². The highest BCUT2D eigenvalue weighted by Crippen LogP contribution is 2.51. The van der Waals surface area contributed by atoms with Crippen molar-refractivity contribution in [2.75, 3.05) is 39.7 Å². The van der Waals surface area contributed by atoms with Crippen molar-refractivity contribution in [2.24, 2.45) is 23.5 Å². The molecule has 5 atom stereocenters. The second-order valence-corrected chi connectivity index (χ2v) is 10.9. The molecule has 1 amide bonds. The van der Waals surface area contributed by atoms with Crippen LogP contribution in [0.5, 0.6) is 5.75 Å². The summed E-state index contributed by atoms with van der Waals surface area (Å²) >= 11 is 0. The molecule has 10 nitrogen and oxygen atoms in total. The van der Waals surface area contributed by atoms with Crippen molar-refractivity contribution in [3.63, 3.8) is 0 Å².